The quantitative estimate of drug-likeness (QED) is 0.788. The predicted molar refractivity (Wildman–Crippen MR) is 98.2 cm³/mol. The SMILES string of the molecule is CC[C@@H](Oc1cccc2ccccc12)C(=O)NCC1=CCCCC1. The summed E-state index contributed by atoms with van der Waals surface area (Å²) < 4.78 is 6.05. The summed E-state index contributed by atoms with van der Waals surface area (Å²) in [6.07, 6.45) is 7.17. The molecule has 2 aromatic carbocycles. The van der Waals surface area contributed by atoms with Gasteiger partial charge in [0.25, 0.3) is 5.91 Å². The van der Waals surface area contributed by atoms with Crippen LogP contribution in [0.5, 0.6) is 5.75 Å². The van der Waals surface area contributed by atoms with Crippen molar-refractivity contribution in [1.82, 2.24) is 5.32 Å². The normalized spacial score (nSPS) is 15.6. The van der Waals surface area contributed by atoms with Crippen molar-refractivity contribution < 1.29 is 9.53 Å². The van der Waals surface area contributed by atoms with Gasteiger partial charge in [0.2, 0.25) is 0 Å². The number of allylic oxidation sites excluding steroid dienone is 1. The van der Waals surface area contributed by atoms with E-state index in [9.17, 15) is 4.79 Å². The largest absolute Gasteiger partial charge is 0.480 e. The van der Waals surface area contributed by atoms with E-state index in [1.165, 1.54) is 18.4 Å². The van der Waals surface area contributed by atoms with Gasteiger partial charge in [0.05, 0.1) is 0 Å². The van der Waals surface area contributed by atoms with Gasteiger partial charge in [0, 0.05) is 11.9 Å². The highest BCUT2D eigenvalue weighted by molar-refractivity contribution is 5.89. The summed E-state index contributed by atoms with van der Waals surface area (Å²) in [6, 6.07) is 14.0. The van der Waals surface area contributed by atoms with Gasteiger partial charge in [-0.05, 0) is 43.6 Å². The lowest BCUT2D eigenvalue weighted by Crippen LogP contribution is -2.39. The van der Waals surface area contributed by atoms with Crippen molar-refractivity contribution in [2.24, 2.45) is 0 Å². The molecule has 0 heterocycles. The second-order valence-corrected chi connectivity index (χ2v) is 6.32. The third kappa shape index (κ3) is 3.97. The van der Waals surface area contributed by atoms with Crippen molar-refractivity contribution in [3.05, 3.63) is 54.1 Å². The number of hydrogen-bond acceptors (Lipinski definition) is 2. The van der Waals surface area contributed by atoms with Crippen molar-refractivity contribution in [3.63, 3.8) is 0 Å². The van der Waals surface area contributed by atoms with Crippen LogP contribution in [-0.4, -0.2) is 18.6 Å². The van der Waals surface area contributed by atoms with E-state index in [1.807, 2.05) is 37.3 Å². The molecule has 1 N–H and O–H groups in total. The lowest BCUT2D eigenvalue weighted by Gasteiger charge is -2.20. The third-order valence-corrected chi connectivity index (χ3v) is 4.56. The number of ether oxygens (including phenoxy) is 1. The van der Waals surface area contributed by atoms with Gasteiger partial charge in [-0.1, -0.05) is 55.0 Å². The van der Waals surface area contributed by atoms with E-state index < -0.39 is 6.10 Å². The fraction of sp³-hybridized carbons (Fsp3) is 0.381. The Balaban J connectivity index is 1.67. The zero-order chi connectivity index (χ0) is 16.8. The number of rotatable bonds is 6. The maximum atomic E-state index is 12.5. The van der Waals surface area contributed by atoms with Crippen LogP contribution in [-0.2, 0) is 4.79 Å². The summed E-state index contributed by atoms with van der Waals surface area (Å²) in [5.74, 6) is 0.740. The van der Waals surface area contributed by atoms with Gasteiger partial charge in [-0.15, -0.1) is 0 Å². The molecule has 0 spiro atoms. The van der Waals surface area contributed by atoms with Crippen LogP contribution in [0, 0.1) is 0 Å². The molecule has 1 amide bonds. The summed E-state index contributed by atoms with van der Waals surface area (Å²) in [5.41, 5.74) is 1.34. The van der Waals surface area contributed by atoms with E-state index in [4.69, 9.17) is 4.74 Å². The average molecular weight is 323 g/mol. The molecule has 0 fully saturated rings. The average Bonchev–Trinajstić information content (AvgIpc) is 2.65. The molecule has 2 aromatic rings. The molecule has 3 heteroatoms. The lowest BCUT2D eigenvalue weighted by atomic mass is 9.99. The van der Waals surface area contributed by atoms with Crippen molar-refractivity contribution in [3.8, 4) is 5.75 Å². The van der Waals surface area contributed by atoms with E-state index in [1.54, 1.807) is 0 Å². The van der Waals surface area contributed by atoms with Crippen molar-refractivity contribution in [2.45, 2.75) is 45.1 Å². The molecule has 3 rings (SSSR count). The van der Waals surface area contributed by atoms with Gasteiger partial charge in [0.1, 0.15) is 5.75 Å². The highest BCUT2D eigenvalue weighted by Gasteiger charge is 2.19. The first-order valence-electron chi connectivity index (χ1n) is 8.88. The maximum absolute atomic E-state index is 12.5. The fourth-order valence-corrected chi connectivity index (χ4v) is 3.15. The van der Waals surface area contributed by atoms with E-state index >= 15 is 0 Å². The van der Waals surface area contributed by atoms with E-state index in [0.29, 0.717) is 13.0 Å². The van der Waals surface area contributed by atoms with Crippen molar-refractivity contribution >= 4 is 16.7 Å². The maximum Gasteiger partial charge on any atom is 0.261 e. The number of fused-ring (bicyclic) bond motifs is 1. The molecule has 0 bridgehead atoms. The first-order chi connectivity index (χ1) is 11.8. The minimum Gasteiger partial charge on any atom is -0.480 e. The number of carbonyl (C=O) groups is 1. The highest BCUT2D eigenvalue weighted by atomic mass is 16.5. The zero-order valence-corrected chi connectivity index (χ0v) is 14.3. The molecule has 1 aliphatic carbocycles. The smallest absolute Gasteiger partial charge is 0.261 e. The van der Waals surface area contributed by atoms with Crippen LogP contribution in [0.15, 0.2) is 54.1 Å². The Bertz CT molecular complexity index is 730. The Morgan fingerprint density at radius 2 is 2.00 bits per heavy atom. The number of nitrogens with one attached hydrogen (secondary N) is 1. The first kappa shape index (κ1) is 16.6. The Hall–Kier alpha value is -2.29. The van der Waals surface area contributed by atoms with E-state index in [2.05, 4.69) is 23.5 Å². The Morgan fingerprint density at radius 3 is 2.79 bits per heavy atom. The van der Waals surface area contributed by atoms with Gasteiger partial charge < -0.3 is 10.1 Å². The standard InChI is InChI=1S/C21H25NO2/c1-2-19(21(23)22-15-16-9-4-3-5-10-16)24-20-14-8-12-17-11-6-7-13-18(17)20/h6-9,11-14,19H,2-5,10,15H2,1H3,(H,22,23)/t19-/m1/s1. The van der Waals surface area contributed by atoms with Gasteiger partial charge in [0.15, 0.2) is 6.10 Å². The van der Waals surface area contributed by atoms with E-state index in [0.717, 1.165) is 29.4 Å². The third-order valence-electron chi connectivity index (χ3n) is 4.56. The zero-order valence-electron chi connectivity index (χ0n) is 14.3. The molecule has 0 aromatic heterocycles. The van der Waals surface area contributed by atoms with Crippen molar-refractivity contribution in [2.75, 3.05) is 6.54 Å². The van der Waals surface area contributed by atoms with Crippen LogP contribution in [0.4, 0.5) is 0 Å². The molecular weight excluding hydrogens is 298 g/mol. The number of benzene rings is 2. The van der Waals surface area contributed by atoms with Crippen LogP contribution < -0.4 is 10.1 Å². The summed E-state index contributed by atoms with van der Waals surface area (Å²) in [5, 5.41) is 5.21. The second kappa shape index (κ2) is 8.00. The number of hydrogen-bond donors (Lipinski definition) is 1. The molecule has 3 nitrogen and oxygen atoms in total. The van der Waals surface area contributed by atoms with Crippen LogP contribution in [0.1, 0.15) is 39.0 Å². The summed E-state index contributed by atoms with van der Waals surface area (Å²) in [7, 11) is 0. The molecule has 0 aliphatic heterocycles. The Morgan fingerprint density at radius 1 is 1.17 bits per heavy atom. The Kier molecular flexibility index (Phi) is 5.52. The molecular formula is C21H25NO2. The highest BCUT2D eigenvalue weighted by Crippen LogP contribution is 2.26. The Labute approximate surface area is 143 Å². The van der Waals surface area contributed by atoms with Crippen LogP contribution in [0.2, 0.25) is 0 Å². The second-order valence-electron chi connectivity index (χ2n) is 6.32. The summed E-state index contributed by atoms with van der Waals surface area (Å²) >= 11 is 0. The van der Waals surface area contributed by atoms with Crippen molar-refractivity contribution in [1.29, 1.82) is 0 Å². The monoisotopic (exact) mass is 323 g/mol. The van der Waals surface area contributed by atoms with Gasteiger partial charge in [-0.3, -0.25) is 4.79 Å². The molecule has 0 saturated carbocycles. The predicted octanol–water partition coefficient (Wildman–Crippen LogP) is 4.61. The molecule has 0 unspecified atom stereocenters. The molecule has 1 atom stereocenters. The number of carbonyl (C=O) groups excluding carboxylic acids is 1. The fourth-order valence-electron chi connectivity index (χ4n) is 3.15. The topological polar surface area (TPSA) is 38.3 Å². The van der Waals surface area contributed by atoms with Gasteiger partial charge in [-0.2, -0.15) is 0 Å². The van der Waals surface area contributed by atoms with Gasteiger partial charge >= 0.3 is 0 Å². The number of amides is 1. The molecule has 126 valence electrons. The minimum absolute atomic E-state index is 0.0306. The minimum atomic E-state index is -0.458. The molecule has 1 aliphatic rings. The first-order valence-corrected chi connectivity index (χ1v) is 8.88. The van der Waals surface area contributed by atoms with Crippen LogP contribution in [0.3, 0.4) is 0 Å². The van der Waals surface area contributed by atoms with Crippen LogP contribution in [0.25, 0.3) is 10.8 Å². The summed E-state index contributed by atoms with van der Waals surface area (Å²) in [6.45, 7) is 2.63. The molecule has 24 heavy (non-hydrogen) atoms. The lowest BCUT2D eigenvalue weighted by molar-refractivity contribution is -0.127. The van der Waals surface area contributed by atoms with Crippen LogP contribution >= 0.6 is 0 Å². The van der Waals surface area contributed by atoms with E-state index in [-0.39, 0.29) is 5.91 Å². The molecule has 0 radical (unpaired) electrons. The summed E-state index contributed by atoms with van der Waals surface area (Å²) in [4.78, 5) is 12.5. The van der Waals surface area contributed by atoms with Gasteiger partial charge in [-0.25, -0.2) is 0 Å². The molecule has 0 saturated heterocycles.